The van der Waals surface area contributed by atoms with E-state index in [1.54, 1.807) is 12.1 Å². The number of amidine groups is 1. The molecule has 1 saturated heterocycles. The van der Waals surface area contributed by atoms with Gasteiger partial charge < -0.3 is 15.6 Å². The minimum Gasteiger partial charge on any atom is -0.507 e. The molecule has 1 aliphatic rings. The Labute approximate surface area is 162 Å². The second kappa shape index (κ2) is 7.87. The van der Waals surface area contributed by atoms with E-state index in [0.29, 0.717) is 19.6 Å². The second-order valence-corrected chi connectivity index (χ2v) is 7.91. The molecule has 148 valence electrons. The number of nitrogens with zero attached hydrogens (tertiary/aromatic N) is 1. The molecular weight excluding hydrogens is 384 g/mol. The predicted molar refractivity (Wildman–Crippen MR) is 103 cm³/mol. The van der Waals surface area contributed by atoms with Crippen LogP contribution >= 0.6 is 0 Å². The van der Waals surface area contributed by atoms with Crippen molar-refractivity contribution >= 4 is 27.6 Å². The summed E-state index contributed by atoms with van der Waals surface area (Å²) in [5.41, 5.74) is 7.17. The average Bonchev–Trinajstić information content (AvgIpc) is 3.08. The fourth-order valence-electron chi connectivity index (χ4n) is 2.77. The number of sulfonamides is 1. The molecule has 2 aromatic carbocycles. The van der Waals surface area contributed by atoms with Gasteiger partial charge in [-0.1, -0.05) is 12.1 Å². The largest absolute Gasteiger partial charge is 0.507 e. The number of amides is 1. The highest BCUT2D eigenvalue weighted by atomic mass is 32.2. The van der Waals surface area contributed by atoms with Gasteiger partial charge in [0.25, 0.3) is 0 Å². The highest BCUT2D eigenvalue weighted by Gasteiger charge is 2.23. The first-order valence-corrected chi connectivity index (χ1v) is 9.96. The Balaban J connectivity index is 1.63. The van der Waals surface area contributed by atoms with Crippen LogP contribution in [0.1, 0.15) is 11.1 Å². The topological polar surface area (TPSA) is 146 Å². The Kier molecular flexibility index (Phi) is 5.52. The number of benzene rings is 2. The molecule has 5 N–H and O–H groups in total. The van der Waals surface area contributed by atoms with E-state index < -0.39 is 15.8 Å². The molecule has 3 rings (SSSR count). The highest BCUT2D eigenvalue weighted by molar-refractivity contribution is 7.89. The van der Waals surface area contributed by atoms with Crippen LogP contribution in [0.4, 0.5) is 10.5 Å². The number of hydrogen-bond donors (Lipinski definition) is 4. The van der Waals surface area contributed by atoms with E-state index in [0.717, 1.165) is 17.3 Å². The third-order valence-corrected chi connectivity index (χ3v) is 5.77. The zero-order valence-electron chi connectivity index (χ0n) is 14.9. The molecular formula is C18H20N4O5S. The molecule has 28 heavy (non-hydrogen) atoms. The number of cyclic esters (lactones) is 1. The zero-order chi connectivity index (χ0) is 20.3. The average molecular weight is 404 g/mol. The van der Waals surface area contributed by atoms with Gasteiger partial charge in [0, 0.05) is 17.8 Å². The number of aromatic hydroxyl groups is 1. The van der Waals surface area contributed by atoms with E-state index in [1.807, 2.05) is 12.1 Å². The molecule has 1 amide bonds. The molecule has 0 unspecified atom stereocenters. The molecule has 1 aliphatic heterocycles. The molecule has 0 aromatic heterocycles. The number of nitrogens with two attached hydrogens (primary N) is 1. The van der Waals surface area contributed by atoms with Crippen molar-refractivity contribution in [3.05, 3.63) is 53.6 Å². The van der Waals surface area contributed by atoms with Crippen molar-refractivity contribution in [1.29, 1.82) is 5.41 Å². The third-order valence-electron chi connectivity index (χ3n) is 4.27. The summed E-state index contributed by atoms with van der Waals surface area (Å²) in [7, 11) is -3.97. The number of rotatable bonds is 7. The van der Waals surface area contributed by atoms with Gasteiger partial charge in [0.1, 0.15) is 23.1 Å². The first-order valence-electron chi connectivity index (χ1n) is 8.48. The summed E-state index contributed by atoms with van der Waals surface area (Å²) < 4.78 is 32.2. The summed E-state index contributed by atoms with van der Waals surface area (Å²) in [6.07, 6.45) is 0.0324. The van der Waals surface area contributed by atoms with E-state index >= 15 is 0 Å². The van der Waals surface area contributed by atoms with Crippen molar-refractivity contribution in [1.82, 2.24) is 4.72 Å². The van der Waals surface area contributed by atoms with Crippen molar-refractivity contribution in [3.63, 3.8) is 0 Å². The maximum atomic E-state index is 12.4. The zero-order valence-corrected chi connectivity index (χ0v) is 15.7. The van der Waals surface area contributed by atoms with Gasteiger partial charge in [-0.15, -0.1) is 0 Å². The molecule has 0 spiro atoms. The Morgan fingerprint density at radius 2 is 1.96 bits per heavy atom. The van der Waals surface area contributed by atoms with Gasteiger partial charge in [-0.3, -0.25) is 10.3 Å². The smallest absolute Gasteiger partial charge is 0.414 e. The molecule has 1 fully saturated rings. The lowest BCUT2D eigenvalue weighted by Gasteiger charge is -2.13. The number of ether oxygens (including phenoxy) is 1. The first kappa shape index (κ1) is 19.6. The minimum atomic E-state index is -3.97. The lowest BCUT2D eigenvalue weighted by Crippen LogP contribution is -2.26. The van der Waals surface area contributed by atoms with Crippen LogP contribution < -0.4 is 15.4 Å². The molecule has 0 bridgehead atoms. The lowest BCUT2D eigenvalue weighted by molar-refractivity contribution is 0.181. The summed E-state index contributed by atoms with van der Waals surface area (Å²) in [6.45, 7) is 0.970. The van der Waals surface area contributed by atoms with Gasteiger partial charge in [-0.25, -0.2) is 17.9 Å². The van der Waals surface area contributed by atoms with Crippen LogP contribution in [-0.2, 0) is 21.2 Å². The Morgan fingerprint density at radius 3 is 2.57 bits per heavy atom. The SMILES string of the molecule is N=C(N)c1ccc(O)c(S(=O)(=O)NCCc2ccc(N3CCOC3=O)cc2)c1. The lowest BCUT2D eigenvalue weighted by atomic mass is 10.1. The van der Waals surface area contributed by atoms with Gasteiger partial charge in [-0.2, -0.15) is 0 Å². The number of hydrogen-bond acceptors (Lipinski definition) is 6. The monoisotopic (exact) mass is 404 g/mol. The molecule has 2 aromatic rings. The van der Waals surface area contributed by atoms with Crippen LogP contribution in [0.3, 0.4) is 0 Å². The fraction of sp³-hybridized carbons (Fsp3) is 0.222. The van der Waals surface area contributed by atoms with Gasteiger partial charge in [-0.05, 0) is 42.3 Å². The number of nitrogen functional groups attached to an aromatic ring is 1. The van der Waals surface area contributed by atoms with E-state index in [-0.39, 0.29) is 28.9 Å². The van der Waals surface area contributed by atoms with Crippen LogP contribution in [0.25, 0.3) is 0 Å². The van der Waals surface area contributed by atoms with E-state index in [1.165, 1.54) is 17.0 Å². The predicted octanol–water partition coefficient (Wildman–Crippen LogP) is 1.15. The summed E-state index contributed by atoms with van der Waals surface area (Å²) >= 11 is 0. The van der Waals surface area contributed by atoms with E-state index in [9.17, 15) is 18.3 Å². The number of carbonyl (C=O) groups is 1. The van der Waals surface area contributed by atoms with Crippen LogP contribution in [0.15, 0.2) is 47.4 Å². The number of anilines is 1. The van der Waals surface area contributed by atoms with Crippen molar-refractivity contribution in [2.24, 2.45) is 5.73 Å². The maximum absolute atomic E-state index is 12.4. The summed E-state index contributed by atoms with van der Waals surface area (Å²) in [5.74, 6) is -0.710. The molecule has 10 heteroatoms. The number of carbonyl (C=O) groups excluding carboxylic acids is 1. The number of phenols is 1. The van der Waals surface area contributed by atoms with Gasteiger partial charge >= 0.3 is 6.09 Å². The van der Waals surface area contributed by atoms with Crippen molar-refractivity contribution < 1.29 is 23.1 Å². The molecule has 0 atom stereocenters. The Hall–Kier alpha value is -3.11. The standard InChI is InChI=1S/C18H20N4O5S/c19-17(20)13-3-6-15(23)16(11-13)28(25,26)21-8-7-12-1-4-14(5-2-12)22-9-10-27-18(22)24/h1-6,11,21,23H,7-10H2,(H3,19,20). The van der Waals surface area contributed by atoms with Crippen LogP contribution in [0.2, 0.25) is 0 Å². The number of nitrogens with one attached hydrogen (secondary N) is 2. The fourth-order valence-corrected chi connectivity index (χ4v) is 3.93. The van der Waals surface area contributed by atoms with E-state index in [4.69, 9.17) is 15.9 Å². The van der Waals surface area contributed by atoms with Crippen molar-refractivity contribution in [2.45, 2.75) is 11.3 Å². The summed E-state index contributed by atoms with van der Waals surface area (Å²) in [4.78, 5) is 12.8. The Bertz CT molecular complexity index is 1010. The summed E-state index contributed by atoms with van der Waals surface area (Å²) in [6, 6.07) is 10.9. The second-order valence-electron chi connectivity index (χ2n) is 6.18. The van der Waals surface area contributed by atoms with Crippen LogP contribution in [0, 0.1) is 5.41 Å². The van der Waals surface area contributed by atoms with Gasteiger partial charge in [0.05, 0.1) is 6.54 Å². The van der Waals surface area contributed by atoms with Gasteiger partial charge in [0.2, 0.25) is 10.0 Å². The molecule has 0 aliphatic carbocycles. The maximum Gasteiger partial charge on any atom is 0.414 e. The van der Waals surface area contributed by atoms with Crippen LogP contribution in [0.5, 0.6) is 5.75 Å². The molecule has 0 radical (unpaired) electrons. The number of phenolic OH excluding ortho intramolecular Hbond substituents is 1. The third kappa shape index (κ3) is 4.24. The van der Waals surface area contributed by atoms with Crippen LogP contribution in [-0.4, -0.2) is 45.1 Å². The van der Waals surface area contributed by atoms with Crippen molar-refractivity contribution in [3.8, 4) is 5.75 Å². The Morgan fingerprint density at radius 1 is 1.25 bits per heavy atom. The minimum absolute atomic E-state index is 0.108. The van der Waals surface area contributed by atoms with Crippen molar-refractivity contribution in [2.75, 3.05) is 24.6 Å². The first-order chi connectivity index (χ1) is 13.3. The molecule has 9 nitrogen and oxygen atoms in total. The van der Waals surface area contributed by atoms with E-state index in [2.05, 4.69) is 4.72 Å². The summed E-state index contributed by atoms with van der Waals surface area (Å²) in [5, 5.41) is 17.2. The quantitative estimate of drug-likeness (QED) is 0.402. The van der Waals surface area contributed by atoms with Gasteiger partial charge in [0.15, 0.2) is 0 Å². The normalized spacial score (nSPS) is 14.1. The molecule has 0 saturated carbocycles. The molecule has 1 heterocycles. The highest BCUT2D eigenvalue weighted by Crippen LogP contribution is 2.24.